The third kappa shape index (κ3) is 4.64. The number of nitrogens with one attached hydrogen (secondary N) is 1. The smallest absolute Gasteiger partial charge is 0.0664 e. The number of aryl methyl sites for hydroxylation is 1. The van der Waals surface area contributed by atoms with Crippen LogP contribution in [0.1, 0.15) is 18.4 Å². The minimum atomic E-state index is 0.344. The number of hydrogen-bond donors (Lipinski definition) is 2. The molecule has 16 heavy (non-hydrogen) atoms. The van der Waals surface area contributed by atoms with Gasteiger partial charge in [-0.3, -0.25) is 0 Å². The zero-order chi connectivity index (χ0) is 11.8. The SMILES string of the molecule is COCC(CCCN)Nc1ccc(C)cc1. The Hall–Kier alpha value is -1.06. The molecule has 0 heterocycles. The van der Waals surface area contributed by atoms with Gasteiger partial charge in [0.2, 0.25) is 0 Å². The third-order valence-corrected chi connectivity index (χ3v) is 2.55. The first-order valence-electron chi connectivity index (χ1n) is 5.78. The van der Waals surface area contributed by atoms with Crippen molar-refractivity contribution in [3.8, 4) is 0 Å². The molecular formula is C13H22N2O. The van der Waals surface area contributed by atoms with E-state index in [9.17, 15) is 0 Å². The molecule has 1 unspecified atom stereocenters. The molecule has 1 aromatic carbocycles. The van der Waals surface area contributed by atoms with Crippen LogP contribution in [0, 0.1) is 6.92 Å². The largest absolute Gasteiger partial charge is 0.383 e. The van der Waals surface area contributed by atoms with E-state index in [1.54, 1.807) is 7.11 Å². The quantitative estimate of drug-likeness (QED) is 0.743. The minimum absolute atomic E-state index is 0.344. The highest BCUT2D eigenvalue weighted by Gasteiger charge is 2.07. The van der Waals surface area contributed by atoms with Gasteiger partial charge in [0.1, 0.15) is 0 Å². The molecule has 0 amide bonds. The van der Waals surface area contributed by atoms with Crippen molar-refractivity contribution in [3.05, 3.63) is 29.8 Å². The highest BCUT2D eigenvalue weighted by atomic mass is 16.5. The van der Waals surface area contributed by atoms with Crippen molar-refractivity contribution in [1.29, 1.82) is 0 Å². The summed E-state index contributed by atoms with van der Waals surface area (Å²) in [5, 5.41) is 3.46. The van der Waals surface area contributed by atoms with Crippen LogP contribution in [0.25, 0.3) is 0 Å². The van der Waals surface area contributed by atoms with Gasteiger partial charge < -0.3 is 15.8 Å². The molecule has 0 aromatic heterocycles. The van der Waals surface area contributed by atoms with Crippen molar-refractivity contribution in [2.24, 2.45) is 5.73 Å². The Kier molecular flexibility index (Phi) is 5.90. The molecule has 1 aromatic rings. The fourth-order valence-electron chi connectivity index (χ4n) is 1.65. The van der Waals surface area contributed by atoms with Crippen LogP contribution in [0.15, 0.2) is 24.3 Å². The van der Waals surface area contributed by atoms with Crippen LogP contribution in [0.4, 0.5) is 5.69 Å². The second-order valence-corrected chi connectivity index (χ2v) is 4.09. The summed E-state index contributed by atoms with van der Waals surface area (Å²) in [5.74, 6) is 0. The number of rotatable bonds is 7. The lowest BCUT2D eigenvalue weighted by Crippen LogP contribution is -2.25. The Morgan fingerprint density at radius 1 is 1.31 bits per heavy atom. The summed E-state index contributed by atoms with van der Waals surface area (Å²) >= 11 is 0. The van der Waals surface area contributed by atoms with Crippen LogP contribution in [-0.2, 0) is 4.74 Å². The summed E-state index contributed by atoms with van der Waals surface area (Å²) in [6.45, 7) is 3.54. The number of nitrogens with two attached hydrogens (primary N) is 1. The van der Waals surface area contributed by atoms with Gasteiger partial charge >= 0.3 is 0 Å². The average Bonchev–Trinajstić information content (AvgIpc) is 2.29. The molecule has 0 fully saturated rings. The van der Waals surface area contributed by atoms with Gasteiger partial charge in [0.15, 0.2) is 0 Å². The predicted octanol–water partition coefficient (Wildman–Crippen LogP) is 2.16. The van der Waals surface area contributed by atoms with Crippen molar-refractivity contribution in [1.82, 2.24) is 0 Å². The Morgan fingerprint density at radius 3 is 2.56 bits per heavy atom. The molecule has 0 radical (unpaired) electrons. The topological polar surface area (TPSA) is 47.3 Å². The fourth-order valence-corrected chi connectivity index (χ4v) is 1.65. The summed E-state index contributed by atoms with van der Waals surface area (Å²) in [6.07, 6.45) is 2.06. The molecule has 0 spiro atoms. The minimum Gasteiger partial charge on any atom is -0.383 e. The second-order valence-electron chi connectivity index (χ2n) is 4.09. The molecule has 3 N–H and O–H groups in total. The zero-order valence-corrected chi connectivity index (χ0v) is 10.2. The molecular weight excluding hydrogens is 200 g/mol. The first kappa shape index (κ1) is 13.0. The molecule has 1 atom stereocenters. The average molecular weight is 222 g/mol. The molecule has 3 nitrogen and oxygen atoms in total. The number of methoxy groups -OCH3 is 1. The van der Waals surface area contributed by atoms with E-state index >= 15 is 0 Å². The normalized spacial score (nSPS) is 12.4. The first-order chi connectivity index (χ1) is 7.76. The molecule has 0 bridgehead atoms. The Balaban J connectivity index is 2.49. The van der Waals surface area contributed by atoms with Crippen LogP contribution in [0.3, 0.4) is 0 Å². The van der Waals surface area contributed by atoms with E-state index < -0.39 is 0 Å². The Morgan fingerprint density at radius 2 is 2.00 bits per heavy atom. The summed E-state index contributed by atoms with van der Waals surface area (Å²) in [5.41, 5.74) is 7.93. The molecule has 0 saturated carbocycles. The monoisotopic (exact) mass is 222 g/mol. The molecule has 0 aliphatic heterocycles. The lowest BCUT2D eigenvalue weighted by Gasteiger charge is -2.19. The van der Waals surface area contributed by atoms with Crippen LogP contribution >= 0.6 is 0 Å². The molecule has 1 rings (SSSR count). The molecule has 0 aliphatic carbocycles. The fraction of sp³-hybridized carbons (Fsp3) is 0.538. The Labute approximate surface area is 98.0 Å². The van der Waals surface area contributed by atoms with Crippen LogP contribution in [-0.4, -0.2) is 26.3 Å². The van der Waals surface area contributed by atoms with Gasteiger partial charge in [-0.25, -0.2) is 0 Å². The van der Waals surface area contributed by atoms with Gasteiger partial charge in [0, 0.05) is 18.8 Å². The predicted molar refractivity (Wildman–Crippen MR) is 68.8 cm³/mol. The molecule has 0 aliphatic rings. The van der Waals surface area contributed by atoms with Crippen molar-refractivity contribution < 1.29 is 4.74 Å². The van der Waals surface area contributed by atoms with Gasteiger partial charge in [0.05, 0.1) is 6.61 Å². The van der Waals surface area contributed by atoms with E-state index in [1.165, 1.54) is 5.56 Å². The maximum Gasteiger partial charge on any atom is 0.0664 e. The number of anilines is 1. The van der Waals surface area contributed by atoms with Gasteiger partial charge in [0.25, 0.3) is 0 Å². The standard InChI is InChI=1S/C13H22N2O/c1-11-5-7-12(8-6-11)15-13(10-16-2)4-3-9-14/h5-8,13,15H,3-4,9-10,14H2,1-2H3. The van der Waals surface area contributed by atoms with E-state index in [1.807, 2.05) is 0 Å². The van der Waals surface area contributed by atoms with Gasteiger partial charge in [-0.15, -0.1) is 0 Å². The van der Waals surface area contributed by atoms with E-state index in [0.29, 0.717) is 12.6 Å². The van der Waals surface area contributed by atoms with E-state index in [2.05, 4.69) is 36.5 Å². The number of ether oxygens (including phenoxy) is 1. The van der Waals surface area contributed by atoms with E-state index in [-0.39, 0.29) is 0 Å². The van der Waals surface area contributed by atoms with Gasteiger partial charge in [-0.1, -0.05) is 17.7 Å². The number of benzene rings is 1. The second kappa shape index (κ2) is 7.25. The molecule has 90 valence electrons. The van der Waals surface area contributed by atoms with Crippen molar-refractivity contribution in [2.75, 3.05) is 25.6 Å². The van der Waals surface area contributed by atoms with Crippen molar-refractivity contribution >= 4 is 5.69 Å². The highest BCUT2D eigenvalue weighted by molar-refractivity contribution is 5.45. The molecule has 3 heteroatoms. The van der Waals surface area contributed by atoms with E-state index in [4.69, 9.17) is 10.5 Å². The first-order valence-corrected chi connectivity index (χ1v) is 5.78. The van der Waals surface area contributed by atoms with Gasteiger partial charge in [-0.05, 0) is 38.4 Å². The van der Waals surface area contributed by atoms with Crippen LogP contribution < -0.4 is 11.1 Å². The zero-order valence-electron chi connectivity index (χ0n) is 10.2. The van der Waals surface area contributed by atoms with Crippen molar-refractivity contribution in [3.63, 3.8) is 0 Å². The lowest BCUT2D eigenvalue weighted by atomic mass is 10.1. The third-order valence-electron chi connectivity index (χ3n) is 2.55. The van der Waals surface area contributed by atoms with Crippen LogP contribution in [0.2, 0.25) is 0 Å². The van der Waals surface area contributed by atoms with Gasteiger partial charge in [-0.2, -0.15) is 0 Å². The summed E-state index contributed by atoms with van der Waals surface area (Å²) in [4.78, 5) is 0. The van der Waals surface area contributed by atoms with Crippen molar-refractivity contribution in [2.45, 2.75) is 25.8 Å². The summed E-state index contributed by atoms with van der Waals surface area (Å²) in [6, 6.07) is 8.75. The summed E-state index contributed by atoms with van der Waals surface area (Å²) in [7, 11) is 1.73. The van der Waals surface area contributed by atoms with Crippen LogP contribution in [0.5, 0.6) is 0 Å². The highest BCUT2D eigenvalue weighted by Crippen LogP contribution is 2.12. The Bertz CT molecular complexity index is 284. The maximum atomic E-state index is 5.52. The maximum absolute atomic E-state index is 5.52. The number of hydrogen-bond acceptors (Lipinski definition) is 3. The van der Waals surface area contributed by atoms with E-state index in [0.717, 1.165) is 25.1 Å². The lowest BCUT2D eigenvalue weighted by molar-refractivity contribution is 0.182. The summed E-state index contributed by atoms with van der Waals surface area (Å²) < 4.78 is 5.19. The molecule has 0 saturated heterocycles.